The van der Waals surface area contributed by atoms with E-state index in [1.165, 1.54) is 0 Å². The monoisotopic (exact) mass is 172 g/mol. The van der Waals surface area contributed by atoms with Crippen molar-refractivity contribution < 1.29 is 0 Å². The molecule has 0 saturated heterocycles. The van der Waals surface area contributed by atoms with Gasteiger partial charge in [-0.25, -0.2) is 15.0 Å². The van der Waals surface area contributed by atoms with Crippen LogP contribution in [0.5, 0.6) is 0 Å². The van der Waals surface area contributed by atoms with E-state index in [9.17, 15) is 0 Å². The van der Waals surface area contributed by atoms with Crippen molar-refractivity contribution in [1.82, 2.24) is 19.9 Å². The van der Waals surface area contributed by atoms with E-state index in [4.69, 9.17) is 0 Å². The minimum absolute atomic E-state index is 0.619. The quantitative estimate of drug-likeness (QED) is 0.649. The van der Waals surface area contributed by atoms with Crippen molar-refractivity contribution in [3.63, 3.8) is 0 Å². The SMILES string of the molecule is Cc1ccnc(-c2cnccn2)n1. The Balaban J connectivity index is 2.48. The molecular formula is C9H8N4. The molecule has 2 heterocycles. The van der Waals surface area contributed by atoms with E-state index in [0.717, 1.165) is 5.69 Å². The topological polar surface area (TPSA) is 51.6 Å². The van der Waals surface area contributed by atoms with Gasteiger partial charge in [-0.1, -0.05) is 0 Å². The van der Waals surface area contributed by atoms with Gasteiger partial charge in [-0.3, -0.25) is 4.98 Å². The highest BCUT2D eigenvalue weighted by Gasteiger charge is 2.00. The molecule has 2 aromatic heterocycles. The molecule has 0 aliphatic carbocycles. The number of rotatable bonds is 1. The van der Waals surface area contributed by atoms with E-state index in [2.05, 4.69) is 19.9 Å². The lowest BCUT2D eigenvalue weighted by atomic mass is 10.4. The molecule has 13 heavy (non-hydrogen) atoms. The Morgan fingerprint density at radius 2 is 2.00 bits per heavy atom. The molecule has 0 atom stereocenters. The van der Waals surface area contributed by atoms with Crippen molar-refractivity contribution in [2.45, 2.75) is 6.92 Å². The normalized spacial score (nSPS) is 9.92. The molecule has 4 heteroatoms. The van der Waals surface area contributed by atoms with Crippen LogP contribution in [0.4, 0.5) is 0 Å². The van der Waals surface area contributed by atoms with E-state index in [1.807, 2.05) is 13.0 Å². The molecule has 0 bridgehead atoms. The first-order chi connectivity index (χ1) is 6.36. The van der Waals surface area contributed by atoms with Gasteiger partial charge in [-0.15, -0.1) is 0 Å². The summed E-state index contributed by atoms with van der Waals surface area (Å²) in [6, 6.07) is 1.85. The van der Waals surface area contributed by atoms with Crippen LogP contribution in [0.2, 0.25) is 0 Å². The average molecular weight is 172 g/mol. The molecule has 0 unspecified atom stereocenters. The summed E-state index contributed by atoms with van der Waals surface area (Å²) in [7, 11) is 0. The van der Waals surface area contributed by atoms with E-state index in [1.54, 1.807) is 24.8 Å². The van der Waals surface area contributed by atoms with Gasteiger partial charge in [0.1, 0.15) is 5.69 Å². The van der Waals surface area contributed by atoms with Crippen LogP contribution in [-0.4, -0.2) is 19.9 Å². The fraction of sp³-hybridized carbons (Fsp3) is 0.111. The lowest BCUT2D eigenvalue weighted by molar-refractivity contribution is 1.07. The maximum atomic E-state index is 4.23. The lowest BCUT2D eigenvalue weighted by Crippen LogP contribution is -1.92. The molecule has 0 aromatic carbocycles. The smallest absolute Gasteiger partial charge is 0.179 e. The molecule has 64 valence electrons. The summed E-state index contributed by atoms with van der Waals surface area (Å²) in [6.45, 7) is 1.92. The van der Waals surface area contributed by atoms with Gasteiger partial charge >= 0.3 is 0 Å². The molecule has 2 rings (SSSR count). The van der Waals surface area contributed by atoms with Gasteiger partial charge < -0.3 is 0 Å². The van der Waals surface area contributed by atoms with Crippen molar-refractivity contribution in [2.24, 2.45) is 0 Å². The number of aromatic nitrogens is 4. The number of aryl methyl sites for hydroxylation is 1. The lowest BCUT2D eigenvalue weighted by Gasteiger charge is -1.97. The zero-order chi connectivity index (χ0) is 9.10. The van der Waals surface area contributed by atoms with Gasteiger partial charge in [-0.2, -0.15) is 0 Å². The third-order valence-corrected chi connectivity index (χ3v) is 1.59. The summed E-state index contributed by atoms with van der Waals surface area (Å²) in [4.78, 5) is 16.4. The Kier molecular flexibility index (Phi) is 1.96. The fourth-order valence-corrected chi connectivity index (χ4v) is 0.987. The predicted octanol–water partition coefficient (Wildman–Crippen LogP) is 1.24. The van der Waals surface area contributed by atoms with E-state index in [-0.39, 0.29) is 0 Å². The molecule has 2 aromatic rings. The van der Waals surface area contributed by atoms with Crippen molar-refractivity contribution in [3.8, 4) is 11.5 Å². The first kappa shape index (κ1) is 7.79. The van der Waals surface area contributed by atoms with E-state index in [0.29, 0.717) is 11.5 Å². The van der Waals surface area contributed by atoms with Gasteiger partial charge in [0.25, 0.3) is 0 Å². The third kappa shape index (κ3) is 1.66. The van der Waals surface area contributed by atoms with Crippen LogP contribution in [0.15, 0.2) is 30.9 Å². The Bertz CT molecular complexity index is 399. The van der Waals surface area contributed by atoms with Crippen LogP contribution in [0, 0.1) is 6.92 Å². The number of hydrogen-bond donors (Lipinski definition) is 0. The highest BCUT2D eigenvalue weighted by Crippen LogP contribution is 2.08. The standard InChI is InChI=1S/C9H8N4/c1-7-2-3-12-9(13-7)8-6-10-4-5-11-8/h2-6H,1H3. The Labute approximate surface area is 75.7 Å². The van der Waals surface area contributed by atoms with Crippen molar-refractivity contribution >= 4 is 0 Å². The fourth-order valence-electron chi connectivity index (χ4n) is 0.987. The predicted molar refractivity (Wildman–Crippen MR) is 47.8 cm³/mol. The van der Waals surface area contributed by atoms with Gasteiger partial charge in [0, 0.05) is 24.3 Å². The minimum Gasteiger partial charge on any atom is -0.261 e. The molecule has 4 nitrogen and oxygen atoms in total. The zero-order valence-corrected chi connectivity index (χ0v) is 7.18. The first-order valence-corrected chi connectivity index (χ1v) is 3.92. The summed E-state index contributed by atoms with van der Waals surface area (Å²) in [5.74, 6) is 0.619. The summed E-state index contributed by atoms with van der Waals surface area (Å²) < 4.78 is 0. The molecule has 0 N–H and O–H groups in total. The summed E-state index contributed by atoms with van der Waals surface area (Å²) in [5.41, 5.74) is 1.63. The molecule has 0 aliphatic heterocycles. The van der Waals surface area contributed by atoms with E-state index >= 15 is 0 Å². The molecule has 0 amide bonds. The van der Waals surface area contributed by atoms with Crippen LogP contribution in [0.3, 0.4) is 0 Å². The van der Waals surface area contributed by atoms with Crippen LogP contribution in [-0.2, 0) is 0 Å². The van der Waals surface area contributed by atoms with Crippen molar-refractivity contribution in [1.29, 1.82) is 0 Å². The molecule has 0 aliphatic rings. The maximum Gasteiger partial charge on any atom is 0.179 e. The van der Waals surface area contributed by atoms with Crippen LogP contribution in [0.1, 0.15) is 5.69 Å². The first-order valence-electron chi connectivity index (χ1n) is 3.92. The molecule has 0 saturated carbocycles. The van der Waals surface area contributed by atoms with Gasteiger partial charge in [0.15, 0.2) is 5.82 Å². The number of nitrogens with zero attached hydrogens (tertiary/aromatic N) is 4. The Hall–Kier alpha value is -1.84. The van der Waals surface area contributed by atoms with Crippen molar-refractivity contribution in [3.05, 3.63) is 36.5 Å². The van der Waals surface area contributed by atoms with Crippen LogP contribution in [0.25, 0.3) is 11.5 Å². The molecule has 0 fully saturated rings. The van der Waals surface area contributed by atoms with Gasteiger partial charge in [0.2, 0.25) is 0 Å². The van der Waals surface area contributed by atoms with E-state index < -0.39 is 0 Å². The Morgan fingerprint density at radius 3 is 2.69 bits per heavy atom. The second kappa shape index (κ2) is 3.26. The third-order valence-electron chi connectivity index (χ3n) is 1.59. The summed E-state index contributed by atoms with van der Waals surface area (Å²) >= 11 is 0. The Morgan fingerprint density at radius 1 is 1.08 bits per heavy atom. The number of hydrogen-bond acceptors (Lipinski definition) is 4. The zero-order valence-electron chi connectivity index (χ0n) is 7.18. The minimum atomic E-state index is 0.619. The molecule has 0 radical (unpaired) electrons. The highest BCUT2D eigenvalue weighted by molar-refractivity contribution is 5.46. The molecular weight excluding hydrogens is 164 g/mol. The van der Waals surface area contributed by atoms with Crippen molar-refractivity contribution in [2.75, 3.05) is 0 Å². The average Bonchev–Trinajstić information content (AvgIpc) is 2.19. The van der Waals surface area contributed by atoms with Crippen LogP contribution < -0.4 is 0 Å². The summed E-state index contributed by atoms with van der Waals surface area (Å²) in [5, 5.41) is 0. The van der Waals surface area contributed by atoms with Gasteiger partial charge in [-0.05, 0) is 13.0 Å². The second-order valence-electron chi connectivity index (χ2n) is 2.61. The molecule has 0 spiro atoms. The second-order valence-corrected chi connectivity index (χ2v) is 2.61. The van der Waals surface area contributed by atoms with Gasteiger partial charge in [0.05, 0.1) is 6.20 Å². The maximum absolute atomic E-state index is 4.23. The van der Waals surface area contributed by atoms with Crippen LogP contribution >= 0.6 is 0 Å². The summed E-state index contributed by atoms with van der Waals surface area (Å²) in [6.07, 6.45) is 6.61. The highest BCUT2D eigenvalue weighted by atomic mass is 14.9. The largest absolute Gasteiger partial charge is 0.261 e.